The Bertz CT molecular complexity index is 470. The van der Waals surface area contributed by atoms with Gasteiger partial charge in [0.2, 0.25) is 5.91 Å². The minimum absolute atomic E-state index is 0. The summed E-state index contributed by atoms with van der Waals surface area (Å²) < 4.78 is 13.2. The Kier molecular flexibility index (Phi) is 6.72. The second-order valence-electron chi connectivity index (χ2n) is 5.09. The lowest BCUT2D eigenvalue weighted by Gasteiger charge is -2.27. The highest BCUT2D eigenvalue weighted by Gasteiger charge is 2.24. The highest BCUT2D eigenvalue weighted by Crippen LogP contribution is 2.26. The van der Waals surface area contributed by atoms with Crippen molar-refractivity contribution in [2.75, 3.05) is 5.32 Å². The summed E-state index contributed by atoms with van der Waals surface area (Å²) in [5.74, 6) is -0.427. The number of hydrogen-bond acceptors (Lipinski definition) is 2. The first-order valence-electron chi connectivity index (χ1n) is 6.57. The summed E-state index contributed by atoms with van der Waals surface area (Å²) in [5.41, 5.74) is 6.43. The summed E-state index contributed by atoms with van der Waals surface area (Å²) in [5, 5.41) is 2.73. The first kappa shape index (κ1) is 17.2. The molecule has 2 rings (SSSR count). The quantitative estimate of drug-likeness (QED) is 0.891. The first-order valence-corrected chi connectivity index (χ1v) is 6.94. The van der Waals surface area contributed by atoms with Gasteiger partial charge in [-0.2, -0.15) is 0 Å². The third-order valence-electron chi connectivity index (χ3n) is 3.62. The number of nitrogens with one attached hydrogen (secondary N) is 1. The van der Waals surface area contributed by atoms with Crippen molar-refractivity contribution in [2.45, 2.75) is 38.1 Å². The van der Waals surface area contributed by atoms with Crippen LogP contribution < -0.4 is 11.1 Å². The van der Waals surface area contributed by atoms with Gasteiger partial charge in [-0.25, -0.2) is 4.39 Å². The molecule has 1 amide bonds. The van der Waals surface area contributed by atoms with E-state index in [2.05, 4.69) is 5.32 Å². The largest absolute Gasteiger partial charge is 0.327 e. The molecule has 2 unspecified atom stereocenters. The summed E-state index contributed by atoms with van der Waals surface area (Å²) in [6.07, 6.45) is 4.63. The Morgan fingerprint density at radius 3 is 2.75 bits per heavy atom. The predicted octanol–water partition coefficient (Wildman–Crippen LogP) is 3.75. The number of benzene rings is 1. The molecule has 1 aliphatic rings. The molecule has 1 aromatic rings. The third kappa shape index (κ3) is 4.62. The molecule has 0 aromatic heterocycles. The van der Waals surface area contributed by atoms with Gasteiger partial charge in [-0.1, -0.05) is 24.4 Å². The number of halogens is 3. The standard InChI is InChI=1S/C14H18ClFN2O.ClH/c15-11-6-5-10(8-12(11)16)18-14(19)7-9-3-1-2-4-13(9)17;/h5-6,8-9,13H,1-4,7,17H2,(H,18,19);1H. The van der Waals surface area contributed by atoms with Crippen LogP contribution in [-0.4, -0.2) is 11.9 Å². The number of anilines is 1. The van der Waals surface area contributed by atoms with Gasteiger partial charge in [0, 0.05) is 18.2 Å². The van der Waals surface area contributed by atoms with Gasteiger partial charge in [0.25, 0.3) is 0 Å². The SMILES string of the molecule is Cl.NC1CCCCC1CC(=O)Nc1ccc(Cl)c(F)c1. The monoisotopic (exact) mass is 320 g/mol. The second-order valence-corrected chi connectivity index (χ2v) is 5.50. The molecular formula is C14H19Cl2FN2O. The third-order valence-corrected chi connectivity index (χ3v) is 3.93. The van der Waals surface area contributed by atoms with Gasteiger partial charge in [-0.05, 0) is 37.0 Å². The first-order chi connectivity index (χ1) is 9.06. The number of amides is 1. The van der Waals surface area contributed by atoms with Crippen molar-refractivity contribution in [3.8, 4) is 0 Å². The fourth-order valence-electron chi connectivity index (χ4n) is 2.51. The highest BCUT2D eigenvalue weighted by atomic mass is 35.5. The molecule has 3 N–H and O–H groups in total. The van der Waals surface area contributed by atoms with Crippen molar-refractivity contribution >= 4 is 35.6 Å². The molecule has 0 spiro atoms. The molecule has 20 heavy (non-hydrogen) atoms. The van der Waals surface area contributed by atoms with Crippen molar-refractivity contribution in [1.29, 1.82) is 0 Å². The summed E-state index contributed by atoms with van der Waals surface area (Å²) >= 11 is 5.59. The number of carbonyl (C=O) groups excluding carboxylic acids is 1. The molecule has 0 radical (unpaired) electrons. The van der Waals surface area contributed by atoms with E-state index in [9.17, 15) is 9.18 Å². The molecule has 1 aliphatic carbocycles. The highest BCUT2D eigenvalue weighted by molar-refractivity contribution is 6.30. The summed E-state index contributed by atoms with van der Waals surface area (Å²) in [6, 6.07) is 4.34. The topological polar surface area (TPSA) is 55.1 Å². The number of hydrogen-bond donors (Lipinski definition) is 2. The van der Waals surface area contributed by atoms with E-state index in [0.717, 1.165) is 25.7 Å². The average molecular weight is 321 g/mol. The van der Waals surface area contributed by atoms with Gasteiger partial charge < -0.3 is 11.1 Å². The van der Waals surface area contributed by atoms with Crippen LogP contribution in [0.25, 0.3) is 0 Å². The van der Waals surface area contributed by atoms with E-state index >= 15 is 0 Å². The van der Waals surface area contributed by atoms with Gasteiger partial charge in [0.05, 0.1) is 5.02 Å². The van der Waals surface area contributed by atoms with E-state index in [1.165, 1.54) is 12.1 Å². The lowest BCUT2D eigenvalue weighted by Crippen LogP contribution is -2.35. The van der Waals surface area contributed by atoms with Gasteiger partial charge in [-0.3, -0.25) is 4.79 Å². The molecule has 0 heterocycles. The fourth-order valence-corrected chi connectivity index (χ4v) is 2.63. The van der Waals surface area contributed by atoms with E-state index in [0.29, 0.717) is 12.1 Å². The van der Waals surface area contributed by atoms with Crippen LogP contribution >= 0.6 is 24.0 Å². The van der Waals surface area contributed by atoms with Crippen molar-refractivity contribution in [3.05, 3.63) is 29.0 Å². The fraction of sp³-hybridized carbons (Fsp3) is 0.500. The van der Waals surface area contributed by atoms with Crippen LogP contribution in [-0.2, 0) is 4.79 Å². The van der Waals surface area contributed by atoms with Crippen molar-refractivity contribution in [1.82, 2.24) is 0 Å². The van der Waals surface area contributed by atoms with Crippen LogP contribution in [0.1, 0.15) is 32.1 Å². The molecule has 1 aromatic carbocycles. The number of rotatable bonds is 3. The predicted molar refractivity (Wildman–Crippen MR) is 81.8 cm³/mol. The lowest BCUT2D eigenvalue weighted by molar-refractivity contribution is -0.117. The maximum atomic E-state index is 13.2. The minimum Gasteiger partial charge on any atom is -0.327 e. The molecule has 6 heteroatoms. The van der Waals surface area contributed by atoms with Crippen LogP contribution in [0.15, 0.2) is 18.2 Å². The van der Waals surface area contributed by atoms with Crippen molar-refractivity contribution in [3.63, 3.8) is 0 Å². The Balaban J connectivity index is 0.00000200. The normalized spacial score (nSPS) is 21.9. The summed E-state index contributed by atoms with van der Waals surface area (Å²) in [7, 11) is 0. The Labute approximate surface area is 129 Å². The van der Waals surface area contributed by atoms with Gasteiger partial charge >= 0.3 is 0 Å². The molecule has 1 fully saturated rings. The molecule has 0 aliphatic heterocycles. The lowest BCUT2D eigenvalue weighted by atomic mass is 9.83. The summed E-state index contributed by atoms with van der Waals surface area (Å²) in [4.78, 5) is 11.9. The zero-order valence-electron chi connectivity index (χ0n) is 11.1. The zero-order chi connectivity index (χ0) is 13.8. The maximum absolute atomic E-state index is 13.2. The second kappa shape index (κ2) is 7.81. The molecule has 1 saturated carbocycles. The molecule has 112 valence electrons. The Morgan fingerprint density at radius 1 is 1.40 bits per heavy atom. The van der Waals surface area contributed by atoms with Crippen LogP contribution in [0, 0.1) is 11.7 Å². The van der Waals surface area contributed by atoms with Crippen LogP contribution in [0.4, 0.5) is 10.1 Å². The van der Waals surface area contributed by atoms with E-state index < -0.39 is 5.82 Å². The summed E-state index contributed by atoms with van der Waals surface area (Å²) in [6.45, 7) is 0. The minimum atomic E-state index is -0.533. The Hall–Kier alpha value is -0.840. The van der Waals surface area contributed by atoms with Crippen LogP contribution in [0.2, 0.25) is 5.02 Å². The van der Waals surface area contributed by atoms with Gasteiger partial charge in [-0.15, -0.1) is 12.4 Å². The van der Waals surface area contributed by atoms with Crippen molar-refractivity contribution in [2.24, 2.45) is 11.7 Å². The van der Waals surface area contributed by atoms with Gasteiger partial charge in [0.15, 0.2) is 0 Å². The van der Waals surface area contributed by atoms with E-state index in [1.54, 1.807) is 6.07 Å². The van der Waals surface area contributed by atoms with Crippen LogP contribution in [0.3, 0.4) is 0 Å². The number of carbonyl (C=O) groups is 1. The number of nitrogens with two attached hydrogens (primary N) is 1. The average Bonchev–Trinajstić information content (AvgIpc) is 2.37. The Morgan fingerprint density at radius 2 is 2.10 bits per heavy atom. The maximum Gasteiger partial charge on any atom is 0.224 e. The molecule has 0 saturated heterocycles. The molecule has 2 atom stereocenters. The molecular weight excluding hydrogens is 302 g/mol. The van der Waals surface area contributed by atoms with E-state index in [1.807, 2.05) is 0 Å². The van der Waals surface area contributed by atoms with E-state index in [-0.39, 0.29) is 35.3 Å². The van der Waals surface area contributed by atoms with Gasteiger partial charge in [0.1, 0.15) is 5.82 Å². The van der Waals surface area contributed by atoms with Crippen molar-refractivity contribution < 1.29 is 9.18 Å². The molecule has 0 bridgehead atoms. The molecule has 3 nitrogen and oxygen atoms in total. The zero-order valence-corrected chi connectivity index (χ0v) is 12.6. The van der Waals surface area contributed by atoms with Crippen LogP contribution in [0.5, 0.6) is 0 Å². The van der Waals surface area contributed by atoms with E-state index in [4.69, 9.17) is 17.3 Å². The smallest absolute Gasteiger partial charge is 0.224 e.